The van der Waals surface area contributed by atoms with Crippen LogP contribution in [0.4, 0.5) is 0 Å². The molecule has 0 radical (unpaired) electrons. The van der Waals surface area contributed by atoms with E-state index in [0.717, 1.165) is 11.1 Å². The molecule has 16 heavy (non-hydrogen) atoms. The first-order chi connectivity index (χ1) is 7.88. The predicted octanol–water partition coefficient (Wildman–Crippen LogP) is 2.49. The molecule has 0 fully saturated rings. The summed E-state index contributed by atoms with van der Waals surface area (Å²) in [4.78, 5) is 4.31. The molecule has 0 aliphatic carbocycles. The van der Waals surface area contributed by atoms with E-state index in [0.29, 0.717) is 11.7 Å². The van der Waals surface area contributed by atoms with Crippen LogP contribution >= 0.6 is 0 Å². The molecule has 2 heterocycles. The molecule has 4 nitrogen and oxygen atoms in total. The van der Waals surface area contributed by atoms with Crippen molar-refractivity contribution in [2.75, 3.05) is 0 Å². The minimum absolute atomic E-state index is 0.419. The molecule has 0 N–H and O–H groups in total. The van der Waals surface area contributed by atoms with Crippen molar-refractivity contribution in [2.45, 2.75) is 0 Å². The van der Waals surface area contributed by atoms with Crippen LogP contribution in [0.2, 0.25) is 0 Å². The van der Waals surface area contributed by atoms with Gasteiger partial charge in [0, 0.05) is 6.20 Å². The van der Waals surface area contributed by atoms with Gasteiger partial charge in [-0.05, 0) is 24.3 Å². The van der Waals surface area contributed by atoms with Crippen molar-refractivity contribution < 1.29 is 4.42 Å². The van der Waals surface area contributed by atoms with Crippen LogP contribution in [0.3, 0.4) is 0 Å². The Labute approximate surface area is 91.4 Å². The van der Waals surface area contributed by atoms with Gasteiger partial charge in [0.15, 0.2) is 5.58 Å². The van der Waals surface area contributed by atoms with Crippen LogP contribution in [0.1, 0.15) is 5.69 Å². The fraction of sp³-hybridized carbons (Fsp3) is 0. The number of hydrogen-bond acceptors (Lipinski definition) is 3. The van der Waals surface area contributed by atoms with E-state index in [-0.39, 0.29) is 0 Å². The standard InChI is InChI=1S/C12H7N3O/c13-8-9-4-3-7-15(9)12-14-10-5-1-2-6-11(10)16-12/h1-7H. The van der Waals surface area contributed by atoms with E-state index >= 15 is 0 Å². The average Bonchev–Trinajstić information content (AvgIpc) is 2.94. The van der Waals surface area contributed by atoms with E-state index in [1.807, 2.05) is 24.3 Å². The van der Waals surface area contributed by atoms with Crippen LogP contribution < -0.4 is 0 Å². The van der Waals surface area contributed by atoms with E-state index in [1.165, 1.54) is 0 Å². The van der Waals surface area contributed by atoms with Gasteiger partial charge in [-0.15, -0.1) is 0 Å². The zero-order valence-electron chi connectivity index (χ0n) is 8.29. The summed E-state index contributed by atoms with van der Waals surface area (Å²) in [6.07, 6.45) is 1.75. The van der Waals surface area contributed by atoms with Crippen LogP contribution in [0.25, 0.3) is 17.1 Å². The second-order valence-corrected chi connectivity index (χ2v) is 3.34. The van der Waals surface area contributed by atoms with Crippen molar-refractivity contribution in [3.63, 3.8) is 0 Å². The van der Waals surface area contributed by atoms with Gasteiger partial charge in [-0.2, -0.15) is 10.2 Å². The summed E-state index contributed by atoms with van der Waals surface area (Å²) < 4.78 is 7.18. The molecule has 0 aliphatic heterocycles. The van der Waals surface area contributed by atoms with Crippen molar-refractivity contribution in [2.24, 2.45) is 0 Å². The normalized spacial score (nSPS) is 10.4. The molecular formula is C12H7N3O. The third-order valence-electron chi connectivity index (χ3n) is 2.35. The maximum Gasteiger partial charge on any atom is 0.307 e. The molecule has 3 aromatic rings. The van der Waals surface area contributed by atoms with E-state index in [1.54, 1.807) is 22.9 Å². The van der Waals surface area contributed by atoms with Gasteiger partial charge in [-0.1, -0.05) is 12.1 Å². The van der Waals surface area contributed by atoms with Crippen LogP contribution in [-0.2, 0) is 0 Å². The zero-order chi connectivity index (χ0) is 11.0. The summed E-state index contributed by atoms with van der Waals surface area (Å²) in [7, 11) is 0. The summed E-state index contributed by atoms with van der Waals surface area (Å²) in [6.45, 7) is 0. The Morgan fingerprint density at radius 2 is 2.06 bits per heavy atom. The molecule has 76 valence electrons. The Bertz CT molecular complexity index is 654. The largest absolute Gasteiger partial charge is 0.423 e. The van der Waals surface area contributed by atoms with Crippen molar-refractivity contribution >= 4 is 11.1 Å². The van der Waals surface area contributed by atoms with Crippen molar-refractivity contribution in [3.8, 4) is 12.1 Å². The predicted molar refractivity (Wildman–Crippen MR) is 58.1 cm³/mol. The van der Waals surface area contributed by atoms with Crippen molar-refractivity contribution in [1.82, 2.24) is 9.55 Å². The average molecular weight is 209 g/mol. The highest BCUT2D eigenvalue weighted by Crippen LogP contribution is 2.18. The zero-order valence-corrected chi connectivity index (χ0v) is 8.29. The summed E-state index contributed by atoms with van der Waals surface area (Å²) >= 11 is 0. The van der Waals surface area contributed by atoms with Gasteiger partial charge in [0.25, 0.3) is 0 Å². The first-order valence-electron chi connectivity index (χ1n) is 4.82. The lowest BCUT2D eigenvalue weighted by Gasteiger charge is -1.95. The molecule has 0 saturated carbocycles. The van der Waals surface area contributed by atoms with Gasteiger partial charge in [0.05, 0.1) is 0 Å². The highest BCUT2D eigenvalue weighted by molar-refractivity contribution is 5.73. The van der Waals surface area contributed by atoms with Gasteiger partial charge in [0.1, 0.15) is 17.3 Å². The number of rotatable bonds is 1. The number of aromatic nitrogens is 2. The second-order valence-electron chi connectivity index (χ2n) is 3.34. The number of hydrogen-bond donors (Lipinski definition) is 0. The minimum Gasteiger partial charge on any atom is -0.423 e. The quantitative estimate of drug-likeness (QED) is 0.618. The molecule has 1 aromatic carbocycles. The summed E-state index contributed by atoms with van der Waals surface area (Å²) in [5.74, 6) is 0. The third kappa shape index (κ3) is 1.19. The smallest absolute Gasteiger partial charge is 0.307 e. The first kappa shape index (κ1) is 8.74. The molecule has 0 amide bonds. The Hall–Kier alpha value is -2.54. The van der Waals surface area contributed by atoms with E-state index in [2.05, 4.69) is 11.1 Å². The summed E-state index contributed by atoms with van der Waals surface area (Å²) in [5, 5.41) is 8.90. The Morgan fingerprint density at radius 1 is 1.19 bits per heavy atom. The maximum absolute atomic E-state index is 8.90. The van der Waals surface area contributed by atoms with Gasteiger partial charge < -0.3 is 4.42 Å². The van der Waals surface area contributed by atoms with Gasteiger partial charge in [0.2, 0.25) is 0 Å². The number of oxazole rings is 1. The first-order valence-corrected chi connectivity index (χ1v) is 4.82. The molecule has 0 unspecified atom stereocenters. The molecular weight excluding hydrogens is 202 g/mol. The van der Waals surface area contributed by atoms with Gasteiger partial charge in [-0.3, -0.25) is 4.57 Å². The number of nitrogens with zero attached hydrogens (tertiary/aromatic N) is 3. The maximum atomic E-state index is 8.90. The highest BCUT2D eigenvalue weighted by atomic mass is 16.4. The Kier molecular flexibility index (Phi) is 1.77. The number of fused-ring (bicyclic) bond motifs is 1. The minimum atomic E-state index is 0.419. The number of para-hydroxylation sites is 2. The fourth-order valence-electron chi connectivity index (χ4n) is 1.60. The van der Waals surface area contributed by atoms with Crippen LogP contribution in [0.15, 0.2) is 47.0 Å². The molecule has 0 saturated heterocycles. The lowest BCUT2D eigenvalue weighted by atomic mass is 10.3. The van der Waals surface area contributed by atoms with E-state index < -0.39 is 0 Å². The molecule has 0 atom stereocenters. The van der Waals surface area contributed by atoms with Gasteiger partial charge >= 0.3 is 6.01 Å². The topological polar surface area (TPSA) is 54.8 Å². The van der Waals surface area contributed by atoms with E-state index in [4.69, 9.17) is 9.68 Å². The van der Waals surface area contributed by atoms with Crippen molar-refractivity contribution in [3.05, 3.63) is 48.3 Å². The summed E-state index contributed by atoms with van der Waals surface area (Å²) in [5.41, 5.74) is 2.01. The second kappa shape index (κ2) is 3.24. The molecule has 0 spiro atoms. The lowest BCUT2D eigenvalue weighted by molar-refractivity contribution is 0.563. The molecule has 2 aromatic heterocycles. The molecule has 3 rings (SSSR count). The van der Waals surface area contributed by atoms with Crippen molar-refractivity contribution in [1.29, 1.82) is 5.26 Å². The number of nitriles is 1. The van der Waals surface area contributed by atoms with Gasteiger partial charge in [-0.25, -0.2) is 0 Å². The molecule has 0 aliphatic rings. The monoisotopic (exact) mass is 209 g/mol. The Balaban J connectivity index is 2.24. The molecule has 0 bridgehead atoms. The number of benzene rings is 1. The summed E-state index contributed by atoms with van der Waals surface area (Å²) in [6, 6.07) is 13.5. The van der Waals surface area contributed by atoms with Crippen LogP contribution in [0.5, 0.6) is 0 Å². The van der Waals surface area contributed by atoms with Crippen LogP contribution in [-0.4, -0.2) is 9.55 Å². The lowest BCUT2D eigenvalue weighted by Crippen LogP contribution is -1.94. The SMILES string of the molecule is N#Cc1cccn1-c1nc2ccccc2o1. The van der Waals surface area contributed by atoms with E-state index in [9.17, 15) is 0 Å². The Morgan fingerprint density at radius 3 is 2.88 bits per heavy atom. The fourth-order valence-corrected chi connectivity index (χ4v) is 1.60. The molecule has 4 heteroatoms. The third-order valence-corrected chi connectivity index (χ3v) is 2.35. The van der Waals surface area contributed by atoms with Crippen LogP contribution in [0, 0.1) is 11.3 Å². The highest BCUT2D eigenvalue weighted by Gasteiger charge is 2.09.